The molecular weight excluding hydrogens is 268 g/mol. The van der Waals surface area contributed by atoms with Crippen molar-refractivity contribution in [2.75, 3.05) is 0 Å². The van der Waals surface area contributed by atoms with Crippen molar-refractivity contribution >= 4 is 11.4 Å². The minimum atomic E-state index is -0.275. The molecule has 3 heterocycles. The number of carbonyl (C=O) groups is 1. The van der Waals surface area contributed by atoms with Crippen LogP contribution in [-0.4, -0.2) is 37.1 Å². The number of carbonyl (C=O) groups excluding carboxylic acids is 1. The lowest BCUT2D eigenvalue weighted by Crippen LogP contribution is -2.49. The van der Waals surface area contributed by atoms with E-state index in [-0.39, 0.29) is 30.2 Å². The third kappa shape index (κ3) is 2.46. The predicted octanol–water partition coefficient (Wildman–Crippen LogP) is 1.29. The molecule has 0 spiro atoms. The summed E-state index contributed by atoms with van der Waals surface area (Å²) in [5.41, 5.74) is 0.464. The van der Waals surface area contributed by atoms with Crippen LogP contribution in [0.25, 0.3) is 5.52 Å². The quantitative estimate of drug-likeness (QED) is 0.836. The molecule has 21 heavy (non-hydrogen) atoms. The van der Waals surface area contributed by atoms with Gasteiger partial charge in [0.1, 0.15) is 6.54 Å². The first-order valence-electron chi connectivity index (χ1n) is 7.42. The summed E-state index contributed by atoms with van der Waals surface area (Å²) in [5, 5.41) is 4.10. The van der Waals surface area contributed by atoms with Crippen molar-refractivity contribution in [3.8, 4) is 0 Å². The van der Waals surface area contributed by atoms with Gasteiger partial charge in [0, 0.05) is 18.3 Å². The van der Waals surface area contributed by atoms with Gasteiger partial charge in [0.25, 0.3) is 0 Å². The van der Waals surface area contributed by atoms with Gasteiger partial charge in [0.15, 0.2) is 0 Å². The minimum Gasteiger partial charge on any atom is -0.336 e. The number of hydrogen-bond acceptors (Lipinski definition) is 3. The fourth-order valence-corrected chi connectivity index (χ4v) is 3.21. The smallest absolute Gasteiger partial charge is 0.336 e. The molecule has 1 aliphatic heterocycles. The SMILES string of the molecule is C[C@@H]1CCC[C@H](C)N1C(=O)Cn1ncc2cccn2c1=O. The highest BCUT2D eigenvalue weighted by Gasteiger charge is 2.29. The number of rotatable bonds is 2. The highest BCUT2D eigenvalue weighted by Crippen LogP contribution is 2.22. The second-order valence-electron chi connectivity index (χ2n) is 5.82. The maximum absolute atomic E-state index is 12.5. The number of likely N-dealkylation sites (tertiary alicyclic amines) is 1. The fraction of sp³-hybridized carbons (Fsp3) is 0.533. The first kappa shape index (κ1) is 13.9. The summed E-state index contributed by atoms with van der Waals surface area (Å²) < 4.78 is 2.74. The Kier molecular flexibility index (Phi) is 3.53. The number of fused-ring (bicyclic) bond motifs is 1. The van der Waals surface area contributed by atoms with Gasteiger partial charge in [-0.25, -0.2) is 9.48 Å². The van der Waals surface area contributed by atoms with Gasteiger partial charge >= 0.3 is 5.69 Å². The lowest BCUT2D eigenvalue weighted by Gasteiger charge is -2.39. The van der Waals surface area contributed by atoms with E-state index in [0.29, 0.717) is 0 Å². The standard InChI is InChI=1S/C15H20N4O2/c1-11-5-3-6-12(2)19(11)14(20)10-18-15(21)17-8-4-7-13(17)9-16-18/h4,7-9,11-12H,3,5-6,10H2,1-2H3/t11-,12+. The summed E-state index contributed by atoms with van der Waals surface area (Å²) >= 11 is 0. The van der Waals surface area contributed by atoms with Gasteiger partial charge in [-0.3, -0.25) is 9.20 Å². The van der Waals surface area contributed by atoms with Crippen LogP contribution < -0.4 is 5.69 Å². The van der Waals surface area contributed by atoms with Gasteiger partial charge in [-0.2, -0.15) is 5.10 Å². The molecule has 6 heteroatoms. The monoisotopic (exact) mass is 288 g/mol. The van der Waals surface area contributed by atoms with Gasteiger partial charge in [-0.05, 0) is 45.2 Å². The Bertz CT molecular complexity index is 708. The summed E-state index contributed by atoms with van der Waals surface area (Å²) in [6.45, 7) is 4.14. The number of piperidine rings is 1. The van der Waals surface area contributed by atoms with Gasteiger partial charge in [0.2, 0.25) is 5.91 Å². The van der Waals surface area contributed by atoms with Crippen molar-refractivity contribution in [3.63, 3.8) is 0 Å². The zero-order valence-electron chi connectivity index (χ0n) is 12.4. The molecule has 0 unspecified atom stereocenters. The molecule has 0 N–H and O–H groups in total. The van der Waals surface area contributed by atoms with Crippen LogP contribution in [-0.2, 0) is 11.3 Å². The van der Waals surface area contributed by atoms with Crippen LogP contribution in [0.2, 0.25) is 0 Å². The molecule has 1 saturated heterocycles. The zero-order valence-corrected chi connectivity index (χ0v) is 12.4. The largest absolute Gasteiger partial charge is 0.349 e. The van der Waals surface area contributed by atoms with Crippen molar-refractivity contribution in [3.05, 3.63) is 35.0 Å². The molecular formula is C15H20N4O2. The van der Waals surface area contributed by atoms with E-state index in [2.05, 4.69) is 18.9 Å². The van der Waals surface area contributed by atoms with Crippen LogP contribution in [0.5, 0.6) is 0 Å². The van der Waals surface area contributed by atoms with Gasteiger partial charge in [-0.1, -0.05) is 0 Å². The summed E-state index contributed by atoms with van der Waals surface area (Å²) in [6.07, 6.45) is 6.49. The van der Waals surface area contributed by atoms with Crippen molar-refractivity contribution in [2.45, 2.75) is 51.7 Å². The Morgan fingerprint density at radius 2 is 2.05 bits per heavy atom. The fourth-order valence-electron chi connectivity index (χ4n) is 3.21. The third-order valence-electron chi connectivity index (χ3n) is 4.30. The molecule has 2 aromatic heterocycles. The molecule has 1 fully saturated rings. The zero-order chi connectivity index (χ0) is 15.0. The predicted molar refractivity (Wildman–Crippen MR) is 79.1 cm³/mol. The van der Waals surface area contributed by atoms with Gasteiger partial charge in [0.05, 0.1) is 11.7 Å². The van der Waals surface area contributed by atoms with Crippen LogP contribution >= 0.6 is 0 Å². The van der Waals surface area contributed by atoms with Crippen molar-refractivity contribution in [1.82, 2.24) is 19.1 Å². The molecule has 0 bridgehead atoms. The number of nitrogens with zero attached hydrogens (tertiary/aromatic N) is 4. The molecule has 2 aromatic rings. The minimum absolute atomic E-state index is 0.00162. The van der Waals surface area contributed by atoms with E-state index < -0.39 is 0 Å². The normalized spacial score (nSPS) is 22.7. The average molecular weight is 288 g/mol. The maximum atomic E-state index is 12.5. The molecule has 112 valence electrons. The third-order valence-corrected chi connectivity index (χ3v) is 4.30. The van der Waals surface area contributed by atoms with Gasteiger partial charge < -0.3 is 4.90 Å². The maximum Gasteiger partial charge on any atom is 0.349 e. The summed E-state index contributed by atoms with van der Waals surface area (Å²) in [4.78, 5) is 26.7. The number of hydrogen-bond donors (Lipinski definition) is 0. The number of amides is 1. The molecule has 0 aliphatic carbocycles. The summed E-state index contributed by atoms with van der Waals surface area (Å²) in [7, 11) is 0. The van der Waals surface area contributed by atoms with E-state index >= 15 is 0 Å². The highest BCUT2D eigenvalue weighted by molar-refractivity contribution is 5.76. The van der Waals surface area contributed by atoms with Crippen LogP contribution in [0, 0.1) is 0 Å². The average Bonchev–Trinajstić information content (AvgIpc) is 2.91. The van der Waals surface area contributed by atoms with Gasteiger partial charge in [-0.15, -0.1) is 0 Å². The Balaban J connectivity index is 1.85. The summed E-state index contributed by atoms with van der Waals surface area (Å²) in [6, 6.07) is 4.06. The second kappa shape index (κ2) is 5.35. The van der Waals surface area contributed by atoms with E-state index in [9.17, 15) is 9.59 Å². The molecule has 1 aliphatic rings. The van der Waals surface area contributed by atoms with E-state index in [0.717, 1.165) is 24.8 Å². The Morgan fingerprint density at radius 1 is 1.33 bits per heavy atom. The summed E-state index contributed by atoms with van der Waals surface area (Å²) in [5.74, 6) is -0.0317. The van der Waals surface area contributed by atoms with Crippen molar-refractivity contribution < 1.29 is 4.79 Å². The first-order valence-corrected chi connectivity index (χ1v) is 7.42. The molecule has 6 nitrogen and oxygen atoms in total. The molecule has 0 saturated carbocycles. The lowest BCUT2D eigenvalue weighted by atomic mass is 9.97. The topological polar surface area (TPSA) is 59.6 Å². The Hall–Kier alpha value is -2.11. The highest BCUT2D eigenvalue weighted by atomic mass is 16.2. The van der Waals surface area contributed by atoms with Crippen LogP contribution in [0.4, 0.5) is 0 Å². The molecule has 3 rings (SSSR count). The molecule has 0 radical (unpaired) electrons. The van der Waals surface area contributed by atoms with Crippen LogP contribution in [0.1, 0.15) is 33.1 Å². The van der Waals surface area contributed by atoms with Crippen molar-refractivity contribution in [1.29, 1.82) is 0 Å². The lowest BCUT2D eigenvalue weighted by molar-refractivity contribution is -0.138. The van der Waals surface area contributed by atoms with E-state index in [4.69, 9.17) is 0 Å². The number of aromatic nitrogens is 3. The van der Waals surface area contributed by atoms with E-state index in [1.54, 1.807) is 18.5 Å². The van der Waals surface area contributed by atoms with Crippen LogP contribution in [0.15, 0.2) is 29.3 Å². The molecule has 0 aromatic carbocycles. The Labute approximate surface area is 123 Å². The second-order valence-corrected chi connectivity index (χ2v) is 5.82. The Morgan fingerprint density at radius 3 is 2.76 bits per heavy atom. The van der Waals surface area contributed by atoms with E-state index in [1.807, 2.05) is 11.0 Å². The molecule has 2 atom stereocenters. The molecule has 1 amide bonds. The van der Waals surface area contributed by atoms with E-state index in [1.165, 1.54) is 9.08 Å². The van der Waals surface area contributed by atoms with Crippen LogP contribution in [0.3, 0.4) is 0 Å². The van der Waals surface area contributed by atoms with Crippen molar-refractivity contribution in [2.24, 2.45) is 0 Å². The first-order chi connectivity index (χ1) is 10.1.